The van der Waals surface area contributed by atoms with Gasteiger partial charge in [-0.25, -0.2) is 0 Å². The van der Waals surface area contributed by atoms with Crippen LogP contribution in [0.4, 0.5) is 0 Å². The molecule has 0 bridgehead atoms. The molecule has 1 saturated heterocycles. The van der Waals surface area contributed by atoms with Gasteiger partial charge in [0, 0.05) is 25.3 Å². The summed E-state index contributed by atoms with van der Waals surface area (Å²) < 4.78 is 11.0. The normalized spacial score (nSPS) is 16.6. The van der Waals surface area contributed by atoms with Crippen LogP contribution in [0, 0.1) is 13.8 Å². The van der Waals surface area contributed by atoms with Crippen LogP contribution in [0.15, 0.2) is 18.2 Å². The van der Waals surface area contributed by atoms with Gasteiger partial charge >= 0.3 is 0 Å². The van der Waals surface area contributed by atoms with E-state index in [-0.39, 0.29) is 24.5 Å². The van der Waals surface area contributed by atoms with Gasteiger partial charge in [-0.3, -0.25) is 9.59 Å². The molecule has 1 heterocycles. The van der Waals surface area contributed by atoms with Crippen LogP contribution in [0.5, 0.6) is 0 Å². The molecule has 2 rings (SSSR count). The summed E-state index contributed by atoms with van der Waals surface area (Å²) in [6, 6.07) is 5.63. The van der Waals surface area contributed by atoms with Crippen molar-refractivity contribution in [1.82, 2.24) is 10.6 Å². The molecule has 6 heteroatoms. The third kappa shape index (κ3) is 7.23. The third-order valence-corrected chi connectivity index (χ3v) is 4.01. The van der Waals surface area contributed by atoms with E-state index in [1.807, 2.05) is 32.0 Å². The third-order valence-electron chi connectivity index (χ3n) is 4.01. The van der Waals surface area contributed by atoms with Gasteiger partial charge in [-0.15, -0.1) is 0 Å². The zero-order chi connectivity index (χ0) is 18.1. The Hall–Kier alpha value is -1.92. The Bertz CT molecular complexity index is 563. The molecule has 6 nitrogen and oxygen atoms in total. The first kappa shape index (κ1) is 19.4. The number of amides is 2. The maximum atomic E-state index is 12.1. The van der Waals surface area contributed by atoms with Gasteiger partial charge < -0.3 is 20.1 Å². The number of aryl methyl sites for hydroxylation is 2. The highest BCUT2D eigenvalue weighted by atomic mass is 16.5. The fraction of sp³-hybridized carbons (Fsp3) is 0.579. The van der Waals surface area contributed by atoms with Gasteiger partial charge in [0.2, 0.25) is 5.91 Å². The second-order valence-corrected chi connectivity index (χ2v) is 6.47. The van der Waals surface area contributed by atoms with E-state index in [2.05, 4.69) is 10.6 Å². The van der Waals surface area contributed by atoms with Crippen LogP contribution in [-0.4, -0.2) is 50.8 Å². The van der Waals surface area contributed by atoms with Crippen molar-refractivity contribution in [2.45, 2.75) is 39.2 Å². The van der Waals surface area contributed by atoms with E-state index in [1.54, 1.807) is 0 Å². The Kier molecular flexibility index (Phi) is 7.88. The van der Waals surface area contributed by atoms with Crippen molar-refractivity contribution in [3.8, 4) is 0 Å². The number of carbonyl (C=O) groups is 2. The first-order chi connectivity index (χ1) is 12.0. The van der Waals surface area contributed by atoms with Crippen LogP contribution in [0.3, 0.4) is 0 Å². The van der Waals surface area contributed by atoms with E-state index in [0.717, 1.165) is 37.0 Å². The average Bonchev–Trinajstić information content (AvgIpc) is 3.08. The predicted molar refractivity (Wildman–Crippen MR) is 95.7 cm³/mol. The molecule has 1 aliphatic heterocycles. The summed E-state index contributed by atoms with van der Waals surface area (Å²) in [5, 5.41) is 5.42. The van der Waals surface area contributed by atoms with Crippen LogP contribution in [0.25, 0.3) is 0 Å². The highest BCUT2D eigenvalue weighted by molar-refractivity contribution is 5.96. The summed E-state index contributed by atoms with van der Waals surface area (Å²) in [5.41, 5.74) is 2.63. The summed E-state index contributed by atoms with van der Waals surface area (Å²) in [6.07, 6.45) is 3.15. The first-order valence-electron chi connectivity index (χ1n) is 8.87. The number of hydrogen-bond acceptors (Lipinski definition) is 4. The summed E-state index contributed by atoms with van der Waals surface area (Å²) in [7, 11) is 0. The molecule has 138 valence electrons. The second kappa shape index (κ2) is 10.2. The van der Waals surface area contributed by atoms with Gasteiger partial charge in [0.05, 0.1) is 19.3 Å². The van der Waals surface area contributed by atoms with E-state index < -0.39 is 0 Å². The Balaban J connectivity index is 1.55. The standard InChI is InChI=1S/C19H28N2O4/c1-14-9-15(2)11-16(10-14)19(23)21-12-18(22)20-6-4-7-24-13-17-5-3-8-25-17/h9-11,17H,3-8,12-13H2,1-2H3,(H,20,22)(H,21,23). The lowest BCUT2D eigenvalue weighted by Gasteiger charge is -2.10. The van der Waals surface area contributed by atoms with Gasteiger partial charge in [-0.05, 0) is 45.2 Å². The van der Waals surface area contributed by atoms with E-state index in [4.69, 9.17) is 9.47 Å². The van der Waals surface area contributed by atoms with Crippen molar-refractivity contribution in [2.75, 3.05) is 32.9 Å². The molecule has 1 aromatic rings. The monoisotopic (exact) mass is 348 g/mol. The molecule has 1 unspecified atom stereocenters. The largest absolute Gasteiger partial charge is 0.379 e. The van der Waals surface area contributed by atoms with Gasteiger partial charge in [-0.2, -0.15) is 0 Å². The highest BCUT2D eigenvalue weighted by Crippen LogP contribution is 2.11. The minimum atomic E-state index is -0.234. The smallest absolute Gasteiger partial charge is 0.251 e. The maximum absolute atomic E-state index is 12.1. The van der Waals surface area contributed by atoms with Crippen LogP contribution in [0.2, 0.25) is 0 Å². The van der Waals surface area contributed by atoms with E-state index in [9.17, 15) is 9.59 Å². The first-order valence-corrected chi connectivity index (χ1v) is 8.87. The molecule has 0 saturated carbocycles. The fourth-order valence-corrected chi connectivity index (χ4v) is 2.82. The Morgan fingerprint density at radius 2 is 1.96 bits per heavy atom. The van der Waals surface area contributed by atoms with Crippen molar-refractivity contribution in [3.05, 3.63) is 34.9 Å². The zero-order valence-corrected chi connectivity index (χ0v) is 15.1. The zero-order valence-electron chi connectivity index (χ0n) is 15.1. The van der Waals surface area contributed by atoms with Gasteiger partial charge in [0.15, 0.2) is 0 Å². The lowest BCUT2D eigenvalue weighted by Crippen LogP contribution is -2.37. The highest BCUT2D eigenvalue weighted by Gasteiger charge is 2.15. The number of ether oxygens (including phenoxy) is 2. The van der Waals surface area contributed by atoms with Crippen molar-refractivity contribution in [3.63, 3.8) is 0 Å². The minimum absolute atomic E-state index is 0.0252. The maximum Gasteiger partial charge on any atom is 0.251 e. The molecule has 0 radical (unpaired) electrons. The van der Waals surface area contributed by atoms with Crippen LogP contribution >= 0.6 is 0 Å². The van der Waals surface area contributed by atoms with Crippen molar-refractivity contribution >= 4 is 11.8 Å². The summed E-state index contributed by atoms with van der Waals surface area (Å²) in [4.78, 5) is 23.8. The molecule has 25 heavy (non-hydrogen) atoms. The SMILES string of the molecule is Cc1cc(C)cc(C(=O)NCC(=O)NCCCOCC2CCCO2)c1. The second-order valence-electron chi connectivity index (χ2n) is 6.47. The topological polar surface area (TPSA) is 76.7 Å². The molecule has 0 aliphatic carbocycles. The van der Waals surface area contributed by atoms with E-state index >= 15 is 0 Å². The van der Waals surface area contributed by atoms with E-state index in [1.165, 1.54) is 0 Å². The van der Waals surface area contributed by atoms with Gasteiger partial charge in [-0.1, -0.05) is 17.2 Å². The lowest BCUT2D eigenvalue weighted by atomic mass is 10.1. The number of carbonyl (C=O) groups excluding carboxylic acids is 2. The van der Waals surface area contributed by atoms with Crippen LogP contribution in [0.1, 0.15) is 40.7 Å². The minimum Gasteiger partial charge on any atom is -0.379 e. The Morgan fingerprint density at radius 3 is 2.64 bits per heavy atom. The molecule has 2 amide bonds. The molecule has 2 N–H and O–H groups in total. The average molecular weight is 348 g/mol. The van der Waals surface area contributed by atoms with Crippen molar-refractivity contribution in [1.29, 1.82) is 0 Å². The molecular weight excluding hydrogens is 320 g/mol. The lowest BCUT2D eigenvalue weighted by molar-refractivity contribution is -0.120. The van der Waals surface area contributed by atoms with Gasteiger partial charge in [0.1, 0.15) is 0 Å². The number of hydrogen-bond donors (Lipinski definition) is 2. The summed E-state index contributed by atoms with van der Waals surface area (Å²) >= 11 is 0. The molecule has 0 spiro atoms. The van der Waals surface area contributed by atoms with Crippen LogP contribution < -0.4 is 10.6 Å². The molecule has 1 atom stereocenters. The molecule has 1 fully saturated rings. The summed E-state index contributed by atoms with van der Waals surface area (Å²) in [6.45, 7) is 6.44. The van der Waals surface area contributed by atoms with Crippen molar-refractivity contribution in [2.24, 2.45) is 0 Å². The Labute approximate surface area is 149 Å². The number of rotatable bonds is 9. The van der Waals surface area contributed by atoms with Crippen LogP contribution in [-0.2, 0) is 14.3 Å². The molecular formula is C19H28N2O4. The molecule has 1 aromatic carbocycles. The Morgan fingerprint density at radius 1 is 1.20 bits per heavy atom. The number of benzene rings is 1. The fourth-order valence-electron chi connectivity index (χ4n) is 2.82. The predicted octanol–water partition coefficient (Wildman–Crippen LogP) is 1.74. The molecule has 0 aromatic heterocycles. The van der Waals surface area contributed by atoms with Gasteiger partial charge in [0.25, 0.3) is 5.91 Å². The van der Waals surface area contributed by atoms with Crippen molar-refractivity contribution < 1.29 is 19.1 Å². The molecule has 1 aliphatic rings. The number of nitrogens with one attached hydrogen (secondary N) is 2. The van der Waals surface area contributed by atoms with E-state index in [0.29, 0.717) is 25.3 Å². The summed E-state index contributed by atoms with van der Waals surface area (Å²) in [5.74, 6) is -0.432. The quantitative estimate of drug-likeness (QED) is 0.667.